The number of unbranched alkanes of at least 4 members (excludes halogenated alkanes) is 3. The first-order valence-corrected chi connectivity index (χ1v) is 6.16. The standard InChI is InChI=1S/C12H22N2O4/c1-5-6-7-8-9-17-10(15)13-14-11(16)18-12(2,3)4/h5-9H2,1-4H3. The number of hydrogen-bond donors (Lipinski definition) is 0. The first-order valence-electron chi connectivity index (χ1n) is 6.16. The first-order chi connectivity index (χ1) is 8.35. The summed E-state index contributed by atoms with van der Waals surface area (Å²) in [4.78, 5) is 22.1. The van der Waals surface area contributed by atoms with Crippen LogP contribution in [0.15, 0.2) is 10.2 Å². The van der Waals surface area contributed by atoms with E-state index < -0.39 is 17.8 Å². The summed E-state index contributed by atoms with van der Waals surface area (Å²) in [5, 5.41) is 6.23. The summed E-state index contributed by atoms with van der Waals surface area (Å²) in [7, 11) is 0. The second-order valence-electron chi connectivity index (χ2n) is 4.86. The van der Waals surface area contributed by atoms with Crippen LogP contribution in [-0.2, 0) is 9.47 Å². The molecule has 0 saturated heterocycles. The third kappa shape index (κ3) is 11.0. The summed E-state index contributed by atoms with van der Waals surface area (Å²) in [6.45, 7) is 7.50. The van der Waals surface area contributed by atoms with E-state index in [2.05, 4.69) is 17.2 Å². The van der Waals surface area contributed by atoms with Crippen LogP contribution >= 0.6 is 0 Å². The van der Waals surface area contributed by atoms with E-state index in [9.17, 15) is 9.59 Å². The number of ether oxygens (including phenoxy) is 2. The summed E-state index contributed by atoms with van der Waals surface area (Å²) in [6, 6.07) is 0. The van der Waals surface area contributed by atoms with Crippen molar-refractivity contribution in [3.63, 3.8) is 0 Å². The maximum atomic E-state index is 11.1. The van der Waals surface area contributed by atoms with Crippen molar-refractivity contribution in [2.24, 2.45) is 10.2 Å². The summed E-state index contributed by atoms with van der Waals surface area (Å²) >= 11 is 0. The van der Waals surface area contributed by atoms with Crippen LogP contribution in [0.3, 0.4) is 0 Å². The fourth-order valence-corrected chi connectivity index (χ4v) is 1.08. The maximum Gasteiger partial charge on any atom is 0.453 e. The molecule has 0 aliphatic heterocycles. The second-order valence-corrected chi connectivity index (χ2v) is 4.86. The molecule has 0 spiro atoms. The molecule has 0 aromatic carbocycles. The molecule has 0 N–H and O–H groups in total. The van der Waals surface area contributed by atoms with Crippen molar-refractivity contribution in [1.29, 1.82) is 0 Å². The van der Waals surface area contributed by atoms with Gasteiger partial charge in [-0.3, -0.25) is 0 Å². The quantitative estimate of drug-likeness (QED) is 0.549. The summed E-state index contributed by atoms with van der Waals surface area (Å²) in [6.07, 6.45) is 2.26. The maximum absolute atomic E-state index is 11.1. The van der Waals surface area contributed by atoms with E-state index in [-0.39, 0.29) is 0 Å². The van der Waals surface area contributed by atoms with E-state index in [4.69, 9.17) is 9.47 Å². The Bertz CT molecular complexity index is 295. The van der Waals surface area contributed by atoms with Gasteiger partial charge in [-0.05, 0) is 27.2 Å². The number of rotatable bonds is 5. The third-order valence-corrected chi connectivity index (χ3v) is 1.83. The highest BCUT2D eigenvalue weighted by Gasteiger charge is 2.16. The molecule has 0 aromatic rings. The van der Waals surface area contributed by atoms with E-state index in [1.54, 1.807) is 20.8 Å². The molecule has 0 aromatic heterocycles. The monoisotopic (exact) mass is 258 g/mol. The van der Waals surface area contributed by atoms with Crippen LogP contribution in [0.1, 0.15) is 53.4 Å². The van der Waals surface area contributed by atoms with E-state index in [0.29, 0.717) is 6.61 Å². The third-order valence-electron chi connectivity index (χ3n) is 1.83. The molecular weight excluding hydrogens is 236 g/mol. The predicted octanol–water partition coefficient (Wildman–Crippen LogP) is 4.09. The summed E-state index contributed by atoms with van der Waals surface area (Å²) in [5.74, 6) is 0. The highest BCUT2D eigenvalue weighted by Crippen LogP contribution is 2.08. The van der Waals surface area contributed by atoms with Crippen LogP contribution < -0.4 is 0 Å². The Morgan fingerprint density at radius 2 is 1.61 bits per heavy atom. The lowest BCUT2D eigenvalue weighted by Gasteiger charge is -2.16. The molecule has 0 aliphatic carbocycles. The first kappa shape index (κ1) is 16.5. The average molecular weight is 258 g/mol. The van der Waals surface area contributed by atoms with Gasteiger partial charge in [0.25, 0.3) is 0 Å². The highest BCUT2D eigenvalue weighted by atomic mass is 16.6. The summed E-state index contributed by atoms with van der Waals surface area (Å²) in [5.41, 5.74) is -0.653. The van der Waals surface area contributed by atoms with Crippen LogP contribution in [0.25, 0.3) is 0 Å². The van der Waals surface area contributed by atoms with Crippen LogP contribution in [-0.4, -0.2) is 24.4 Å². The number of hydrogen-bond acceptors (Lipinski definition) is 4. The zero-order valence-electron chi connectivity index (χ0n) is 11.6. The molecule has 0 atom stereocenters. The van der Waals surface area contributed by atoms with Crippen LogP contribution in [0.5, 0.6) is 0 Å². The second kappa shape index (κ2) is 8.60. The minimum Gasteiger partial charge on any atom is -0.447 e. The fraction of sp³-hybridized carbons (Fsp3) is 0.833. The van der Waals surface area contributed by atoms with Crippen LogP contribution in [0, 0.1) is 0 Å². The van der Waals surface area contributed by atoms with Gasteiger partial charge in [-0.25, -0.2) is 9.59 Å². The molecule has 0 rings (SSSR count). The molecule has 0 heterocycles. The smallest absolute Gasteiger partial charge is 0.447 e. The van der Waals surface area contributed by atoms with Crippen molar-refractivity contribution in [3.8, 4) is 0 Å². The van der Waals surface area contributed by atoms with Crippen molar-refractivity contribution in [1.82, 2.24) is 0 Å². The fourth-order valence-electron chi connectivity index (χ4n) is 1.08. The molecule has 6 heteroatoms. The largest absolute Gasteiger partial charge is 0.453 e. The lowest BCUT2D eigenvalue weighted by Crippen LogP contribution is -2.21. The van der Waals surface area contributed by atoms with Crippen molar-refractivity contribution in [2.75, 3.05) is 6.61 Å². The van der Waals surface area contributed by atoms with Crippen molar-refractivity contribution >= 4 is 12.2 Å². The van der Waals surface area contributed by atoms with E-state index in [1.807, 2.05) is 0 Å². The van der Waals surface area contributed by atoms with Gasteiger partial charge in [0, 0.05) is 0 Å². The number of nitrogens with zero attached hydrogens (tertiary/aromatic N) is 2. The highest BCUT2D eigenvalue weighted by molar-refractivity contribution is 5.73. The SMILES string of the molecule is CCCCCCOC(=O)N=NC(=O)OC(C)(C)C. The molecule has 0 bridgehead atoms. The van der Waals surface area contributed by atoms with Gasteiger partial charge in [0.05, 0.1) is 6.61 Å². The Labute approximate surface area is 108 Å². The topological polar surface area (TPSA) is 77.3 Å². The van der Waals surface area contributed by atoms with Crippen LogP contribution in [0.4, 0.5) is 9.59 Å². The molecule has 0 saturated carbocycles. The normalized spacial score (nSPS) is 11.6. The van der Waals surface area contributed by atoms with Crippen molar-refractivity contribution in [3.05, 3.63) is 0 Å². The lowest BCUT2D eigenvalue weighted by atomic mass is 10.2. The van der Waals surface area contributed by atoms with Crippen molar-refractivity contribution in [2.45, 2.75) is 59.0 Å². The van der Waals surface area contributed by atoms with Gasteiger partial charge in [0.1, 0.15) is 5.60 Å². The number of carbonyl (C=O) groups excluding carboxylic acids is 2. The zero-order chi connectivity index (χ0) is 14.0. The molecule has 0 radical (unpaired) electrons. The Balaban J connectivity index is 3.77. The van der Waals surface area contributed by atoms with E-state index in [1.165, 1.54) is 0 Å². The van der Waals surface area contributed by atoms with Gasteiger partial charge in [-0.1, -0.05) is 36.4 Å². The van der Waals surface area contributed by atoms with Crippen LogP contribution in [0.2, 0.25) is 0 Å². The molecular formula is C12H22N2O4. The Morgan fingerprint density at radius 3 is 2.17 bits per heavy atom. The molecule has 6 nitrogen and oxygen atoms in total. The lowest BCUT2D eigenvalue weighted by molar-refractivity contribution is 0.0586. The summed E-state index contributed by atoms with van der Waals surface area (Å²) < 4.78 is 9.60. The predicted molar refractivity (Wildman–Crippen MR) is 66.6 cm³/mol. The molecule has 0 fully saturated rings. The molecule has 2 amide bonds. The zero-order valence-corrected chi connectivity index (χ0v) is 11.6. The Morgan fingerprint density at radius 1 is 1.00 bits per heavy atom. The van der Waals surface area contributed by atoms with Gasteiger partial charge in [-0.15, -0.1) is 0 Å². The molecule has 18 heavy (non-hydrogen) atoms. The van der Waals surface area contributed by atoms with Crippen molar-refractivity contribution < 1.29 is 19.1 Å². The van der Waals surface area contributed by atoms with Gasteiger partial charge in [0.15, 0.2) is 0 Å². The number of amides is 2. The van der Waals surface area contributed by atoms with E-state index >= 15 is 0 Å². The minimum absolute atomic E-state index is 0.298. The minimum atomic E-state index is -0.898. The Hall–Kier alpha value is -1.46. The van der Waals surface area contributed by atoms with E-state index in [0.717, 1.165) is 25.7 Å². The number of azo groups is 1. The number of carbonyl (C=O) groups is 2. The van der Waals surface area contributed by atoms with Gasteiger partial charge in [-0.2, -0.15) is 0 Å². The van der Waals surface area contributed by atoms with Gasteiger partial charge < -0.3 is 9.47 Å². The van der Waals surface area contributed by atoms with Gasteiger partial charge in [0.2, 0.25) is 0 Å². The Kier molecular flexibility index (Phi) is 7.91. The average Bonchev–Trinajstić information content (AvgIpc) is 2.24. The molecule has 0 unspecified atom stereocenters. The molecule has 104 valence electrons. The molecule has 0 aliphatic rings. The van der Waals surface area contributed by atoms with Gasteiger partial charge >= 0.3 is 12.2 Å².